The Morgan fingerprint density at radius 1 is 1.04 bits per heavy atom. The predicted molar refractivity (Wildman–Crippen MR) is 99.2 cm³/mol. The van der Waals surface area contributed by atoms with Gasteiger partial charge >= 0.3 is 0 Å². The van der Waals surface area contributed by atoms with Gasteiger partial charge in [0.05, 0.1) is 24.8 Å². The summed E-state index contributed by atoms with van der Waals surface area (Å²) >= 11 is 0. The van der Waals surface area contributed by atoms with Crippen LogP contribution >= 0.6 is 0 Å². The van der Waals surface area contributed by atoms with Crippen molar-refractivity contribution in [2.75, 3.05) is 26.1 Å². The van der Waals surface area contributed by atoms with Crippen LogP contribution in [-0.2, 0) is 14.8 Å². The second-order valence-corrected chi connectivity index (χ2v) is 7.34. The smallest absolute Gasteiger partial charge is 0.240 e. The van der Waals surface area contributed by atoms with Crippen LogP contribution in [0.15, 0.2) is 47.4 Å². The van der Waals surface area contributed by atoms with Crippen molar-refractivity contribution < 1.29 is 22.7 Å². The Hall–Kier alpha value is -2.58. The lowest BCUT2D eigenvalue weighted by Crippen LogP contribution is -2.27. The Balaban J connectivity index is 1.92. The highest BCUT2D eigenvalue weighted by molar-refractivity contribution is 7.89. The van der Waals surface area contributed by atoms with Crippen LogP contribution in [0.4, 0.5) is 5.69 Å². The molecule has 2 rings (SSSR count). The van der Waals surface area contributed by atoms with Gasteiger partial charge in [0.2, 0.25) is 15.9 Å². The number of carbonyl (C=O) groups is 1. The Labute approximate surface area is 153 Å². The first-order valence-corrected chi connectivity index (χ1v) is 9.42. The number of benzene rings is 2. The standard InChI is InChI=1S/C18H22N2O5S/c1-13-4-9-17(25-3)16(12-13)20-18(21)10-11-19-26(22,23)15-7-5-14(24-2)6-8-15/h4-9,12,19H,10-11H2,1-3H3,(H,20,21). The van der Waals surface area contributed by atoms with Crippen molar-refractivity contribution in [3.05, 3.63) is 48.0 Å². The van der Waals surface area contributed by atoms with Crippen LogP contribution in [0.25, 0.3) is 0 Å². The van der Waals surface area contributed by atoms with Gasteiger partial charge in [0.25, 0.3) is 0 Å². The fraction of sp³-hybridized carbons (Fsp3) is 0.278. The summed E-state index contributed by atoms with van der Waals surface area (Å²) in [5.41, 5.74) is 1.52. The molecular formula is C18H22N2O5S. The number of carbonyl (C=O) groups excluding carboxylic acids is 1. The highest BCUT2D eigenvalue weighted by atomic mass is 32.2. The van der Waals surface area contributed by atoms with Gasteiger partial charge in [-0.15, -0.1) is 0 Å². The van der Waals surface area contributed by atoms with E-state index >= 15 is 0 Å². The molecule has 7 nitrogen and oxygen atoms in total. The summed E-state index contributed by atoms with van der Waals surface area (Å²) in [5.74, 6) is 0.796. The number of methoxy groups -OCH3 is 2. The van der Waals surface area contributed by atoms with E-state index in [4.69, 9.17) is 9.47 Å². The number of sulfonamides is 1. The lowest BCUT2D eigenvalue weighted by Gasteiger charge is -2.11. The van der Waals surface area contributed by atoms with Gasteiger partial charge in [-0.25, -0.2) is 13.1 Å². The van der Waals surface area contributed by atoms with Crippen LogP contribution in [0.5, 0.6) is 11.5 Å². The number of nitrogens with one attached hydrogen (secondary N) is 2. The Morgan fingerprint density at radius 2 is 1.73 bits per heavy atom. The number of amides is 1. The van der Waals surface area contributed by atoms with Crippen molar-refractivity contribution in [3.8, 4) is 11.5 Å². The first-order valence-electron chi connectivity index (χ1n) is 7.94. The quantitative estimate of drug-likeness (QED) is 0.735. The SMILES string of the molecule is COc1ccc(S(=O)(=O)NCCC(=O)Nc2cc(C)ccc2OC)cc1. The Morgan fingerprint density at radius 3 is 2.35 bits per heavy atom. The van der Waals surface area contributed by atoms with Gasteiger partial charge in [-0.05, 0) is 48.9 Å². The number of aryl methyl sites for hydroxylation is 1. The third-order valence-corrected chi connectivity index (χ3v) is 5.12. The highest BCUT2D eigenvalue weighted by Gasteiger charge is 2.15. The first kappa shape index (κ1) is 19.7. The second-order valence-electron chi connectivity index (χ2n) is 5.58. The molecule has 26 heavy (non-hydrogen) atoms. The van der Waals surface area contributed by atoms with Crippen LogP contribution in [0, 0.1) is 6.92 Å². The lowest BCUT2D eigenvalue weighted by molar-refractivity contribution is -0.116. The van der Waals surface area contributed by atoms with Crippen LogP contribution in [0.2, 0.25) is 0 Å². The van der Waals surface area contributed by atoms with E-state index in [1.165, 1.54) is 26.4 Å². The van der Waals surface area contributed by atoms with E-state index in [0.717, 1.165) is 5.56 Å². The molecule has 0 atom stereocenters. The predicted octanol–water partition coefficient (Wildman–Crippen LogP) is 2.32. The molecule has 2 aromatic carbocycles. The van der Waals surface area contributed by atoms with Crippen LogP contribution in [0.1, 0.15) is 12.0 Å². The van der Waals surface area contributed by atoms with Crippen molar-refractivity contribution in [3.63, 3.8) is 0 Å². The van der Waals surface area contributed by atoms with Crippen molar-refractivity contribution >= 4 is 21.6 Å². The molecule has 0 unspecified atom stereocenters. The van der Waals surface area contributed by atoms with Crippen LogP contribution in [-0.4, -0.2) is 35.1 Å². The summed E-state index contributed by atoms with van der Waals surface area (Å²) in [4.78, 5) is 12.2. The third-order valence-electron chi connectivity index (χ3n) is 3.64. The molecule has 2 aromatic rings. The molecule has 0 heterocycles. The zero-order valence-electron chi connectivity index (χ0n) is 14.9. The summed E-state index contributed by atoms with van der Waals surface area (Å²) < 4.78 is 37.0. The number of anilines is 1. The number of hydrogen-bond acceptors (Lipinski definition) is 5. The molecule has 140 valence electrons. The zero-order chi connectivity index (χ0) is 19.2. The average molecular weight is 378 g/mol. The molecule has 0 aliphatic heterocycles. The van der Waals surface area contributed by atoms with E-state index < -0.39 is 10.0 Å². The molecule has 0 aliphatic rings. The van der Waals surface area contributed by atoms with Crippen molar-refractivity contribution in [2.45, 2.75) is 18.2 Å². The molecule has 0 radical (unpaired) electrons. The van der Waals surface area contributed by atoms with E-state index in [2.05, 4.69) is 10.0 Å². The van der Waals surface area contributed by atoms with Gasteiger partial charge in [-0.2, -0.15) is 0 Å². The first-order chi connectivity index (χ1) is 12.4. The topological polar surface area (TPSA) is 93.7 Å². The third kappa shape index (κ3) is 5.21. The summed E-state index contributed by atoms with van der Waals surface area (Å²) in [6.45, 7) is 1.88. The maximum Gasteiger partial charge on any atom is 0.240 e. The number of rotatable bonds is 8. The van der Waals surface area contributed by atoms with Crippen molar-refractivity contribution in [1.29, 1.82) is 0 Å². The van der Waals surface area contributed by atoms with Gasteiger partial charge < -0.3 is 14.8 Å². The van der Waals surface area contributed by atoms with Crippen molar-refractivity contribution in [1.82, 2.24) is 4.72 Å². The Kier molecular flexibility index (Phi) is 6.59. The summed E-state index contributed by atoms with van der Waals surface area (Å²) in [5, 5.41) is 2.73. The lowest BCUT2D eigenvalue weighted by atomic mass is 10.2. The van der Waals surface area contributed by atoms with Gasteiger partial charge in [-0.1, -0.05) is 6.07 Å². The summed E-state index contributed by atoms with van der Waals surface area (Å²) in [6.07, 6.45) is -0.00746. The molecule has 0 saturated heterocycles. The highest BCUT2D eigenvalue weighted by Crippen LogP contribution is 2.25. The molecular weight excluding hydrogens is 356 g/mol. The van der Waals surface area contributed by atoms with E-state index in [-0.39, 0.29) is 23.8 Å². The normalized spacial score (nSPS) is 11.0. The molecule has 0 spiro atoms. The van der Waals surface area contributed by atoms with Crippen molar-refractivity contribution in [2.24, 2.45) is 0 Å². The molecule has 8 heteroatoms. The number of hydrogen-bond donors (Lipinski definition) is 2. The van der Waals surface area contributed by atoms with E-state index in [9.17, 15) is 13.2 Å². The minimum absolute atomic E-state index is 0.00746. The molecule has 0 aliphatic carbocycles. The fourth-order valence-corrected chi connectivity index (χ4v) is 3.30. The average Bonchev–Trinajstić information content (AvgIpc) is 2.62. The molecule has 1 amide bonds. The van der Waals surface area contributed by atoms with Gasteiger partial charge in [0.15, 0.2) is 0 Å². The molecule has 0 aromatic heterocycles. The number of ether oxygens (including phenoxy) is 2. The fourth-order valence-electron chi connectivity index (χ4n) is 2.27. The summed E-state index contributed by atoms with van der Waals surface area (Å²) in [6, 6.07) is 11.4. The minimum atomic E-state index is -3.68. The van der Waals surface area contributed by atoms with E-state index in [1.54, 1.807) is 24.3 Å². The molecule has 0 saturated carbocycles. The monoisotopic (exact) mass is 378 g/mol. The van der Waals surface area contributed by atoms with Gasteiger partial charge in [0, 0.05) is 13.0 Å². The molecule has 0 fully saturated rings. The minimum Gasteiger partial charge on any atom is -0.497 e. The molecule has 2 N–H and O–H groups in total. The molecule has 0 bridgehead atoms. The zero-order valence-corrected chi connectivity index (χ0v) is 15.7. The summed E-state index contributed by atoms with van der Waals surface area (Å²) in [7, 11) is -0.663. The second kappa shape index (κ2) is 8.68. The van der Waals surface area contributed by atoms with E-state index in [1.807, 2.05) is 13.0 Å². The maximum atomic E-state index is 12.2. The van der Waals surface area contributed by atoms with Gasteiger partial charge in [-0.3, -0.25) is 4.79 Å². The maximum absolute atomic E-state index is 12.2. The van der Waals surface area contributed by atoms with Crippen LogP contribution in [0.3, 0.4) is 0 Å². The Bertz CT molecular complexity index is 864. The van der Waals surface area contributed by atoms with Crippen LogP contribution < -0.4 is 19.5 Å². The van der Waals surface area contributed by atoms with Gasteiger partial charge in [0.1, 0.15) is 11.5 Å². The largest absolute Gasteiger partial charge is 0.497 e. The van der Waals surface area contributed by atoms with E-state index in [0.29, 0.717) is 17.2 Å².